The SMILES string of the molecule is CCOC(=O)c1ccn2c1CCCC2.Nc1ccc(OCc2ccccc2)cc1.O=C(Nc1ccc(OCc2ccccc2)cc1)c1ccn2c1CCCC2.O=C(O)C1CCCCN1.O=C(O)c1ccn2c1CCCC2. The molecular formula is C61H72N6O9. The Labute approximate surface area is 445 Å². The fourth-order valence-corrected chi connectivity index (χ4v) is 9.44. The summed E-state index contributed by atoms with van der Waals surface area (Å²) in [6.07, 6.45) is 18.7. The largest absolute Gasteiger partial charge is 0.489 e. The molecule has 4 aliphatic heterocycles. The number of anilines is 2. The van der Waals surface area contributed by atoms with E-state index in [1.165, 1.54) is 25.7 Å². The highest BCUT2D eigenvalue weighted by Crippen LogP contribution is 2.24. The smallest absolute Gasteiger partial charge is 0.339 e. The quantitative estimate of drug-likeness (QED) is 0.0576. The van der Waals surface area contributed by atoms with Gasteiger partial charge in [0.25, 0.3) is 5.91 Å². The molecule has 1 unspecified atom stereocenters. The van der Waals surface area contributed by atoms with Crippen molar-refractivity contribution in [1.29, 1.82) is 0 Å². The van der Waals surface area contributed by atoms with Crippen LogP contribution in [-0.2, 0) is 61.6 Å². The van der Waals surface area contributed by atoms with Gasteiger partial charge in [0, 0.05) is 66.7 Å². The lowest BCUT2D eigenvalue weighted by Crippen LogP contribution is -2.40. The third-order valence-corrected chi connectivity index (χ3v) is 13.5. The topological polar surface area (TPSA) is 201 Å². The second kappa shape index (κ2) is 29.2. The number of nitrogens with one attached hydrogen (secondary N) is 2. The number of hydrogen-bond donors (Lipinski definition) is 5. The van der Waals surface area contributed by atoms with Gasteiger partial charge < -0.3 is 54.5 Å². The van der Waals surface area contributed by atoms with Crippen LogP contribution in [0.1, 0.15) is 124 Å². The van der Waals surface area contributed by atoms with E-state index in [1.807, 2.05) is 151 Å². The number of carbonyl (C=O) groups excluding carboxylic acids is 2. The fraction of sp³-hybridized carbons (Fsp3) is 0.344. The third-order valence-electron chi connectivity index (χ3n) is 13.5. The summed E-state index contributed by atoms with van der Waals surface area (Å²) in [5, 5.41) is 23.2. The van der Waals surface area contributed by atoms with Gasteiger partial charge in [0.2, 0.25) is 0 Å². The highest BCUT2D eigenvalue weighted by Gasteiger charge is 2.21. The number of aryl methyl sites for hydroxylation is 3. The van der Waals surface area contributed by atoms with Crippen molar-refractivity contribution in [3.63, 3.8) is 0 Å². The van der Waals surface area contributed by atoms with Crippen molar-refractivity contribution in [3.8, 4) is 11.5 Å². The van der Waals surface area contributed by atoms with Crippen LogP contribution in [0.4, 0.5) is 11.4 Å². The molecule has 4 aromatic carbocycles. The van der Waals surface area contributed by atoms with Crippen molar-refractivity contribution < 1.29 is 43.6 Å². The zero-order valence-electron chi connectivity index (χ0n) is 43.5. The summed E-state index contributed by atoms with van der Waals surface area (Å²) in [4.78, 5) is 45.1. The van der Waals surface area contributed by atoms with E-state index in [0.29, 0.717) is 25.4 Å². The van der Waals surface area contributed by atoms with Crippen LogP contribution in [0.5, 0.6) is 11.5 Å². The van der Waals surface area contributed by atoms with Gasteiger partial charge in [0.15, 0.2) is 0 Å². The van der Waals surface area contributed by atoms with Crippen molar-refractivity contribution in [3.05, 3.63) is 191 Å². The molecule has 76 heavy (non-hydrogen) atoms. The summed E-state index contributed by atoms with van der Waals surface area (Å²) < 4.78 is 22.8. The fourth-order valence-electron chi connectivity index (χ4n) is 9.44. The van der Waals surface area contributed by atoms with Crippen molar-refractivity contribution in [2.45, 2.75) is 123 Å². The highest BCUT2D eigenvalue weighted by atomic mass is 16.5. The van der Waals surface area contributed by atoms with Crippen molar-refractivity contribution in [1.82, 2.24) is 19.0 Å². The van der Waals surface area contributed by atoms with Gasteiger partial charge in [0.05, 0.1) is 23.3 Å². The number of ether oxygens (including phenoxy) is 3. The van der Waals surface area contributed by atoms with E-state index >= 15 is 0 Å². The summed E-state index contributed by atoms with van der Waals surface area (Å²) in [5.41, 5.74) is 14.7. The van der Waals surface area contributed by atoms with Gasteiger partial charge in [-0.15, -0.1) is 0 Å². The van der Waals surface area contributed by atoms with E-state index in [-0.39, 0.29) is 17.9 Å². The number of carboxylic acid groups (broad SMARTS) is 2. The second-order valence-corrected chi connectivity index (χ2v) is 18.9. The first-order chi connectivity index (χ1) is 37.1. The third kappa shape index (κ3) is 16.7. The maximum atomic E-state index is 12.6. The average Bonchev–Trinajstić information content (AvgIpc) is 4.23. The number of fused-ring (bicyclic) bond motifs is 3. The first-order valence-electron chi connectivity index (χ1n) is 26.6. The standard InChI is InChI=1S/C22H22N2O2.C13H13NO.C11H15NO2.C9H11NO2.C6H11NO2/c25-22(20-13-15-24-14-5-4-8-21(20)24)23-18-9-11-19(12-10-18)26-16-17-6-2-1-3-7-17;14-12-6-8-13(9-7-12)15-10-11-4-2-1-3-5-11;1-2-14-11(13)9-6-8-12-7-4-3-5-10(9)12;11-9(12)7-4-6-10-5-2-1-3-8(7)10;8-6(9)5-3-1-2-4-7-5/h1-3,6-7,9-13,15H,4-5,8,14,16H2,(H,23,25);1-9H,10,14H2;6,8H,2-5,7H2,1H3;4,6H,1-3,5H2,(H,11,12);5,7H,1-4H2,(H,8,9). The van der Waals surface area contributed by atoms with Gasteiger partial charge in [-0.2, -0.15) is 0 Å². The minimum Gasteiger partial charge on any atom is -0.489 e. The van der Waals surface area contributed by atoms with Crippen LogP contribution in [0, 0.1) is 0 Å². The molecule has 400 valence electrons. The van der Waals surface area contributed by atoms with Gasteiger partial charge in [-0.3, -0.25) is 9.59 Å². The lowest BCUT2D eigenvalue weighted by Gasteiger charge is -2.18. The van der Waals surface area contributed by atoms with Crippen molar-refractivity contribution in [2.24, 2.45) is 0 Å². The number of benzene rings is 4. The predicted molar refractivity (Wildman–Crippen MR) is 295 cm³/mol. The number of nitrogens with two attached hydrogens (primary N) is 1. The molecule has 1 fully saturated rings. The molecule has 0 aliphatic carbocycles. The van der Waals surface area contributed by atoms with Crippen LogP contribution in [0.15, 0.2) is 146 Å². The molecule has 1 amide bonds. The summed E-state index contributed by atoms with van der Waals surface area (Å²) in [6, 6.07) is 40.3. The van der Waals surface area contributed by atoms with E-state index in [2.05, 4.69) is 19.8 Å². The lowest BCUT2D eigenvalue weighted by atomic mass is 10.1. The van der Waals surface area contributed by atoms with E-state index in [4.69, 9.17) is 30.2 Å². The van der Waals surface area contributed by atoms with Crippen molar-refractivity contribution >= 4 is 35.2 Å². The van der Waals surface area contributed by atoms with Crippen LogP contribution in [-0.4, -0.2) is 66.9 Å². The molecule has 15 nitrogen and oxygen atoms in total. The Morgan fingerprint density at radius 3 is 1.51 bits per heavy atom. The van der Waals surface area contributed by atoms with Gasteiger partial charge in [-0.05, 0) is 162 Å². The average molecular weight is 1030 g/mol. The molecule has 0 bridgehead atoms. The lowest BCUT2D eigenvalue weighted by molar-refractivity contribution is -0.140. The normalized spacial score (nSPS) is 14.9. The Bertz CT molecular complexity index is 2900. The van der Waals surface area contributed by atoms with Crippen molar-refractivity contribution in [2.75, 3.05) is 24.2 Å². The number of aliphatic carboxylic acids is 1. The van der Waals surface area contributed by atoms with E-state index in [9.17, 15) is 19.2 Å². The number of aromatic nitrogens is 3. The van der Waals surface area contributed by atoms with Crippen LogP contribution in [0.3, 0.4) is 0 Å². The van der Waals surface area contributed by atoms with E-state index in [1.54, 1.807) is 6.07 Å². The van der Waals surface area contributed by atoms with E-state index < -0.39 is 11.9 Å². The Kier molecular flexibility index (Phi) is 21.4. The maximum Gasteiger partial charge on any atom is 0.339 e. The number of nitrogens with zero attached hydrogens (tertiary/aromatic N) is 3. The molecule has 0 saturated carbocycles. The number of hydrogen-bond acceptors (Lipinski definition) is 9. The Morgan fingerprint density at radius 2 is 1.05 bits per heavy atom. The zero-order chi connectivity index (χ0) is 53.5. The molecule has 0 radical (unpaired) electrons. The van der Waals surface area contributed by atoms with Gasteiger partial charge in [0.1, 0.15) is 30.8 Å². The highest BCUT2D eigenvalue weighted by molar-refractivity contribution is 6.05. The first-order valence-corrected chi connectivity index (χ1v) is 26.6. The van der Waals surface area contributed by atoms with Gasteiger partial charge in [-0.25, -0.2) is 9.59 Å². The molecule has 11 rings (SSSR count). The second-order valence-electron chi connectivity index (χ2n) is 18.9. The Morgan fingerprint density at radius 1 is 0.579 bits per heavy atom. The summed E-state index contributed by atoms with van der Waals surface area (Å²) in [6.45, 7) is 7.28. The number of rotatable bonds is 12. The Balaban J connectivity index is 0.000000146. The summed E-state index contributed by atoms with van der Waals surface area (Å²) in [7, 11) is 0. The molecule has 7 aromatic rings. The molecule has 7 heterocycles. The van der Waals surface area contributed by atoms with Crippen LogP contribution < -0.4 is 25.8 Å². The van der Waals surface area contributed by atoms with Crippen LogP contribution in [0.2, 0.25) is 0 Å². The van der Waals surface area contributed by atoms with E-state index in [0.717, 1.165) is 140 Å². The Hall–Kier alpha value is -8.04. The molecular weight excluding hydrogens is 961 g/mol. The van der Waals surface area contributed by atoms with Crippen LogP contribution in [0.25, 0.3) is 0 Å². The number of carboxylic acids is 2. The molecule has 1 saturated heterocycles. The number of piperidine rings is 1. The molecule has 0 spiro atoms. The molecule has 1 atom stereocenters. The number of aromatic carboxylic acids is 1. The predicted octanol–water partition coefficient (Wildman–Crippen LogP) is 11.2. The minimum atomic E-state index is -0.800. The van der Waals surface area contributed by atoms with Gasteiger partial charge in [-0.1, -0.05) is 67.1 Å². The first kappa shape index (κ1) is 55.7. The number of nitrogen functional groups attached to an aromatic ring is 1. The molecule has 6 N–H and O–H groups in total. The molecule has 4 aliphatic rings. The maximum absolute atomic E-state index is 12.6. The van der Waals surface area contributed by atoms with Gasteiger partial charge >= 0.3 is 17.9 Å². The number of carbonyl (C=O) groups is 4. The summed E-state index contributed by atoms with van der Waals surface area (Å²) >= 11 is 0. The number of esters is 1. The summed E-state index contributed by atoms with van der Waals surface area (Å²) in [5.74, 6) is -0.108. The molecule has 15 heteroatoms. The monoisotopic (exact) mass is 1030 g/mol. The zero-order valence-corrected chi connectivity index (χ0v) is 43.5. The number of amides is 1. The molecule has 3 aromatic heterocycles. The van der Waals surface area contributed by atoms with Crippen LogP contribution >= 0.6 is 0 Å². The minimum absolute atomic E-state index is 0.0430.